The maximum Gasteiger partial charge on any atom is 0.185 e. The van der Waals surface area contributed by atoms with Crippen LogP contribution in [-0.4, -0.2) is 12.5 Å². The number of rotatable bonds is 5. The monoisotopic (exact) mass is 233 g/mol. The third-order valence-corrected chi connectivity index (χ3v) is 3.10. The number of benzene rings is 1. The van der Waals surface area contributed by atoms with Crippen molar-refractivity contribution in [2.24, 2.45) is 16.5 Å². The topological polar surface area (TPSA) is 64.4 Å². The summed E-state index contributed by atoms with van der Waals surface area (Å²) < 4.78 is 0. The highest BCUT2D eigenvalue weighted by Gasteiger charge is 2.01. The third-order valence-electron chi connectivity index (χ3n) is 3.10. The fourth-order valence-corrected chi connectivity index (χ4v) is 1.93. The zero-order chi connectivity index (χ0) is 12.8. The van der Waals surface area contributed by atoms with Gasteiger partial charge < -0.3 is 11.5 Å². The van der Waals surface area contributed by atoms with E-state index in [1.165, 1.54) is 22.3 Å². The third kappa shape index (κ3) is 4.47. The quantitative estimate of drug-likeness (QED) is 0.465. The minimum atomic E-state index is 0.187. The highest BCUT2D eigenvalue weighted by molar-refractivity contribution is 5.75. The molecule has 0 aliphatic heterocycles. The number of guanidine groups is 1. The second kappa shape index (κ2) is 6.28. The molecule has 3 heteroatoms. The lowest BCUT2D eigenvalue weighted by Crippen LogP contribution is -2.22. The van der Waals surface area contributed by atoms with Gasteiger partial charge in [-0.15, -0.1) is 0 Å². The Labute approximate surface area is 104 Å². The minimum Gasteiger partial charge on any atom is -0.370 e. The summed E-state index contributed by atoms with van der Waals surface area (Å²) in [7, 11) is 0. The van der Waals surface area contributed by atoms with E-state index in [0.29, 0.717) is 0 Å². The predicted molar refractivity (Wildman–Crippen MR) is 74.3 cm³/mol. The summed E-state index contributed by atoms with van der Waals surface area (Å²) in [5.74, 6) is 0.187. The first-order valence-corrected chi connectivity index (χ1v) is 6.13. The van der Waals surface area contributed by atoms with Crippen LogP contribution in [0.25, 0.3) is 0 Å². The molecule has 4 N–H and O–H groups in total. The Hall–Kier alpha value is -1.51. The molecule has 0 heterocycles. The van der Waals surface area contributed by atoms with Crippen LogP contribution >= 0.6 is 0 Å². The van der Waals surface area contributed by atoms with Gasteiger partial charge in [-0.1, -0.05) is 12.1 Å². The number of nitrogens with zero attached hydrogens (tertiary/aromatic N) is 1. The molecule has 3 nitrogen and oxygen atoms in total. The molecule has 0 bridgehead atoms. The van der Waals surface area contributed by atoms with Crippen molar-refractivity contribution in [1.82, 2.24) is 0 Å². The molecule has 0 aliphatic rings. The van der Waals surface area contributed by atoms with Crippen LogP contribution in [0.2, 0.25) is 0 Å². The molecule has 0 saturated heterocycles. The number of unbranched alkanes of at least 4 members (excludes halogenated alkanes) is 1. The Morgan fingerprint density at radius 3 is 2.29 bits per heavy atom. The highest BCUT2D eigenvalue weighted by atomic mass is 15.0. The van der Waals surface area contributed by atoms with E-state index in [2.05, 4.69) is 37.9 Å². The average Bonchev–Trinajstić information content (AvgIpc) is 2.24. The summed E-state index contributed by atoms with van der Waals surface area (Å²) in [5, 5.41) is 0. The summed E-state index contributed by atoms with van der Waals surface area (Å²) in [6, 6.07) is 4.56. The van der Waals surface area contributed by atoms with Crippen molar-refractivity contribution in [2.45, 2.75) is 40.0 Å². The first kappa shape index (κ1) is 13.6. The molecule has 0 radical (unpaired) electrons. The van der Waals surface area contributed by atoms with Gasteiger partial charge in [0.15, 0.2) is 5.96 Å². The Balaban J connectivity index is 2.47. The van der Waals surface area contributed by atoms with Crippen molar-refractivity contribution in [3.63, 3.8) is 0 Å². The minimum absolute atomic E-state index is 0.187. The number of aliphatic imine (C=N–C) groups is 1. The van der Waals surface area contributed by atoms with E-state index in [4.69, 9.17) is 11.5 Å². The summed E-state index contributed by atoms with van der Waals surface area (Å²) in [4.78, 5) is 3.98. The van der Waals surface area contributed by atoms with Crippen molar-refractivity contribution < 1.29 is 0 Å². The van der Waals surface area contributed by atoms with Gasteiger partial charge in [0.2, 0.25) is 0 Å². The number of hydrogen-bond acceptors (Lipinski definition) is 1. The lowest BCUT2D eigenvalue weighted by molar-refractivity contribution is 0.741. The smallest absolute Gasteiger partial charge is 0.185 e. The Kier molecular flexibility index (Phi) is 5.01. The molecule has 1 aromatic rings. The maximum absolute atomic E-state index is 5.27. The molecule has 0 saturated carbocycles. The van der Waals surface area contributed by atoms with Gasteiger partial charge in [0.05, 0.1) is 0 Å². The molecule has 1 aromatic carbocycles. The molecule has 0 amide bonds. The van der Waals surface area contributed by atoms with Crippen LogP contribution in [-0.2, 0) is 6.42 Å². The SMILES string of the molecule is Cc1cc(C)c(CCCCN=C(N)N)cc1C. The van der Waals surface area contributed by atoms with Crippen LogP contribution in [0.5, 0.6) is 0 Å². The standard InChI is InChI=1S/C14H23N3/c1-10-8-12(3)13(9-11(10)2)6-4-5-7-17-14(15)16/h8-9H,4-7H2,1-3H3,(H4,15,16,17). The lowest BCUT2D eigenvalue weighted by atomic mass is 9.97. The molecule has 1 rings (SSSR count). The van der Waals surface area contributed by atoms with Gasteiger partial charge in [-0.3, -0.25) is 4.99 Å². The van der Waals surface area contributed by atoms with Crippen molar-refractivity contribution in [3.8, 4) is 0 Å². The van der Waals surface area contributed by atoms with Gasteiger partial charge in [0.25, 0.3) is 0 Å². The number of nitrogens with two attached hydrogens (primary N) is 2. The van der Waals surface area contributed by atoms with Crippen LogP contribution < -0.4 is 11.5 Å². The summed E-state index contributed by atoms with van der Waals surface area (Å²) in [6.07, 6.45) is 3.26. The van der Waals surface area contributed by atoms with Crippen molar-refractivity contribution in [1.29, 1.82) is 0 Å². The summed E-state index contributed by atoms with van der Waals surface area (Å²) >= 11 is 0. The van der Waals surface area contributed by atoms with Gasteiger partial charge in [0, 0.05) is 6.54 Å². The largest absolute Gasteiger partial charge is 0.370 e. The molecule has 0 spiro atoms. The molecule has 0 atom stereocenters. The maximum atomic E-state index is 5.27. The van der Waals surface area contributed by atoms with Gasteiger partial charge in [-0.2, -0.15) is 0 Å². The van der Waals surface area contributed by atoms with E-state index >= 15 is 0 Å². The van der Waals surface area contributed by atoms with Crippen LogP contribution in [0.1, 0.15) is 35.1 Å². The van der Waals surface area contributed by atoms with Gasteiger partial charge in [-0.25, -0.2) is 0 Å². The average molecular weight is 233 g/mol. The first-order valence-electron chi connectivity index (χ1n) is 6.13. The summed E-state index contributed by atoms with van der Waals surface area (Å²) in [6.45, 7) is 7.23. The van der Waals surface area contributed by atoms with Gasteiger partial charge in [0.1, 0.15) is 0 Å². The fourth-order valence-electron chi connectivity index (χ4n) is 1.93. The Morgan fingerprint density at radius 1 is 1.00 bits per heavy atom. The molecular weight excluding hydrogens is 210 g/mol. The van der Waals surface area contributed by atoms with Gasteiger partial charge in [-0.05, 0) is 62.3 Å². The van der Waals surface area contributed by atoms with Crippen molar-refractivity contribution in [3.05, 3.63) is 34.4 Å². The van der Waals surface area contributed by atoms with E-state index < -0.39 is 0 Å². The van der Waals surface area contributed by atoms with Crippen molar-refractivity contribution in [2.75, 3.05) is 6.54 Å². The van der Waals surface area contributed by atoms with Gasteiger partial charge >= 0.3 is 0 Å². The Bertz CT molecular complexity index is 404. The summed E-state index contributed by atoms with van der Waals surface area (Å²) in [5.41, 5.74) is 16.1. The van der Waals surface area contributed by atoms with E-state index in [0.717, 1.165) is 25.8 Å². The second-order valence-electron chi connectivity index (χ2n) is 4.63. The van der Waals surface area contributed by atoms with E-state index in [1.54, 1.807) is 0 Å². The lowest BCUT2D eigenvalue weighted by Gasteiger charge is -2.09. The molecule has 0 fully saturated rings. The highest BCUT2D eigenvalue weighted by Crippen LogP contribution is 2.17. The molecule has 17 heavy (non-hydrogen) atoms. The van der Waals surface area contributed by atoms with Crippen LogP contribution in [0.3, 0.4) is 0 Å². The van der Waals surface area contributed by atoms with Crippen LogP contribution in [0, 0.1) is 20.8 Å². The van der Waals surface area contributed by atoms with E-state index in [-0.39, 0.29) is 5.96 Å². The normalized spacial score (nSPS) is 10.3. The fraction of sp³-hybridized carbons (Fsp3) is 0.500. The van der Waals surface area contributed by atoms with Crippen molar-refractivity contribution >= 4 is 5.96 Å². The Morgan fingerprint density at radius 2 is 1.65 bits per heavy atom. The number of aryl methyl sites for hydroxylation is 4. The second-order valence-corrected chi connectivity index (χ2v) is 4.63. The molecule has 0 aliphatic carbocycles. The number of hydrogen-bond donors (Lipinski definition) is 2. The predicted octanol–water partition coefficient (Wildman–Crippen LogP) is 2.21. The zero-order valence-electron chi connectivity index (χ0n) is 11.1. The van der Waals surface area contributed by atoms with E-state index in [9.17, 15) is 0 Å². The molecule has 0 unspecified atom stereocenters. The van der Waals surface area contributed by atoms with Crippen LogP contribution in [0.15, 0.2) is 17.1 Å². The first-order chi connectivity index (χ1) is 8.00. The molecular formula is C14H23N3. The molecule has 94 valence electrons. The van der Waals surface area contributed by atoms with E-state index in [1.807, 2.05) is 0 Å². The van der Waals surface area contributed by atoms with Crippen LogP contribution in [0.4, 0.5) is 0 Å². The molecule has 0 aromatic heterocycles. The zero-order valence-corrected chi connectivity index (χ0v) is 11.1.